The van der Waals surface area contributed by atoms with Crippen molar-refractivity contribution in [3.05, 3.63) is 36.4 Å². The van der Waals surface area contributed by atoms with Crippen LogP contribution < -0.4 is 0 Å². The van der Waals surface area contributed by atoms with Gasteiger partial charge in [0.1, 0.15) is 5.34 Å². The van der Waals surface area contributed by atoms with E-state index in [2.05, 4.69) is 0 Å². The smallest absolute Gasteiger partial charge is 0.312 e. The number of ether oxygens (including phenoxy) is 2. The van der Waals surface area contributed by atoms with Gasteiger partial charge in [-0.05, 0) is 38.3 Å². The van der Waals surface area contributed by atoms with Gasteiger partial charge in [0.25, 0.3) is 0 Å². The largest absolute Gasteiger partial charge is 0.466 e. The molecule has 1 aromatic heterocycles. The number of carbonyl (C=O) groups is 1. The average molecular weight is 464 g/mol. The molecule has 0 radical (unpaired) electrons. The molecule has 5 nitrogen and oxygen atoms in total. The van der Waals surface area contributed by atoms with E-state index in [1.165, 1.54) is 31.0 Å². The zero-order valence-electron chi connectivity index (χ0n) is 18.5. The molecule has 0 amide bonds. The van der Waals surface area contributed by atoms with Crippen LogP contribution in [0, 0.1) is 11.8 Å². The minimum atomic E-state index is -1.34. The summed E-state index contributed by atoms with van der Waals surface area (Å²) in [6.07, 6.45) is 6.56. The van der Waals surface area contributed by atoms with E-state index in [0.29, 0.717) is 31.3 Å². The van der Waals surface area contributed by atoms with E-state index in [4.69, 9.17) is 14.5 Å². The molecule has 7 heteroatoms. The van der Waals surface area contributed by atoms with E-state index < -0.39 is 19.7 Å². The Morgan fingerprint density at radius 3 is 2.65 bits per heavy atom. The molecule has 0 N–H and O–H groups in total. The summed E-state index contributed by atoms with van der Waals surface area (Å²) < 4.78 is 24.3. The standard InChI is InChI=1S/C24H34NO4PS/c1-3-28-23(26)20(16-18-10-6-5-7-11-18)24(30-27,29-4-2)17-31-22-15-14-19-12-8-9-13-21(19)25-22/h8-9,12-15,18,20H,3-7,10-11,16-17,30H2,1-2H3. The number of carbonyl (C=O) groups excluding carboxylic acids is 1. The minimum Gasteiger partial charge on any atom is -0.466 e. The topological polar surface area (TPSA) is 65.5 Å². The Morgan fingerprint density at radius 2 is 1.94 bits per heavy atom. The van der Waals surface area contributed by atoms with E-state index in [0.717, 1.165) is 28.8 Å². The maximum Gasteiger partial charge on any atom is 0.312 e. The molecule has 1 aliphatic rings. The van der Waals surface area contributed by atoms with Gasteiger partial charge in [0.05, 0.1) is 31.5 Å². The molecule has 31 heavy (non-hydrogen) atoms. The van der Waals surface area contributed by atoms with Crippen LogP contribution in [0.25, 0.3) is 10.9 Å². The van der Waals surface area contributed by atoms with Gasteiger partial charge in [-0.25, -0.2) is 4.98 Å². The summed E-state index contributed by atoms with van der Waals surface area (Å²) in [5, 5.41) is 0.908. The highest BCUT2D eigenvalue weighted by Gasteiger charge is 2.45. The highest BCUT2D eigenvalue weighted by molar-refractivity contribution is 7.99. The molecule has 1 fully saturated rings. The molecule has 2 aromatic rings. The van der Waals surface area contributed by atoms with Gasteiger partial charge in [-0.15, -0.1) is 11.8 Å². The average Bonchev–Trinajstić information content (AvgIpc) is 2.81. The van der Waals surface area contributed by atoms with Crippen molar-refractivity contribution in [2.24, 2.45) is 11.8 Å². The van der Waals surface area contributed by atoms with Crippen LogP contribution in [0.1, 0.15) is 52.4 Å². The molecule has 170 valence electrons. The van der Waals surface area contributed by atoms with Crippen LogP contribution in [-0.4, -0.2) is 35.3 Å². The highest BCUT2D eigenvalue weighted by atomic mass is 32.2. The summed E-state index contributed by atoms with van der Waals surface area (Å²) in [6, 6.07) is 12.0. The summed E-state index contributed by atoms with van der Waals surface area (Å²) in [7, 11) is -1.34. The number of fused-ring (bicyclic) bond motifs is 1. The summed E-state index contributed by atoms with van der Waals surface area (Å²) in [5.74, 6) is 0.0759. The molecule has 0 saturated heterocycles. The van der Waals surface area contributed by atoms with Gasteiger partial charge in [-0.2, -0.15) is 0 Å². The van der Waals surface area contributed by atoms with Crippen molar-refractivity contribution in [1.29, 1.82) is 0 Å². The maximum absolute atomic E-state index is 13.0. The Bertz CT molecular complexity index is 874. The number of thioether (sulfide) groups is 1. The molecular weight excluding hydrogens is 429 g/mol. The lowest BCUT2D eigenvalue weighted by atomic mass is 9.81. The van der Waals surface area contributed by atoms with Crippen LogP contribution in [0.2, 0.25) is 0 Å². The van der Waals surface area contributed by atoms with Gasteiger partial charge in [0.2, 0.25) is 0 Å². The van der Waals surface area contributed by atoms with Crippen LogP contribution in [-0.2, 0) is 18.8 Å². The second-order valence-electron chi connectivity index (χ2n) is 8.18. The first-order chi connectivity index (χ1) is 15.1. The number of nitrogens with zero attached hydrogens (tertiary/aromatic N) is 1. The van der Waals surface area contributed by atoms with Gasteiger partial charge >= 0.3 is 5.97 Å². The quantitative estimate of drug-likeness (QED) is 0.233. The first-order valence-corrected chi connectivity index (χ1v) is 13.4. The van der Waals surface area contributed by atoms with Crippen LogP contribution in [0.4, 0.5) is 0 Å². The first kappa shape index (κ1) is 24.3. The van der Waals surface area contributed by atoms with Gasteiger partial charge in [-0.1, -0.05) is 56.4 Å². The van der Waals surface area contributed by atoms with Crippen molar-refractivity contribution in [2.75, 3.05) is 19.0 Å². The number of esters is 1. The SMILES string of the molecule is CCOC(=O)C(CC1CCCCC1)C(CSc1ccc2ccccc2n1)(OCC)[PH2]=O. The Balaban J connectivity index is 1.84. The van der Waals surface area contributed by atoms with Crippen molar-refractivity contribution in [1.82, 2.24) is 4.98 Å². The van der Waals surface area contributed by atoms with E-state index >= 15 is 0 Å². The third kappa shape index (κ3) is 6.34. The molecule has 3 rings (SSSR count). The minimum absolute atomic E-state index is 0.281. The monoisotopic (exact) mass is 463 g/mol. The zero-order chi connectivity index (χ0) is 22.1. The number of benzene rings is 1. The molecule has 1 aliphatic carbocycles. The van der Waals surface area contributed by atoms with E-state index in [1.54, 1.807) is 0 Å². The van der Waals surface area contributed by atoms with Crippen molar-refractivity contribution in [3.8, 4) is 0 Å². The fourth-order valence-corrected chi connectivity index (χ4v) is 6.65. The number of hydrogen-bond acceptors (Lipinski definition) is 6. The third-order valence-corrected chi connectivity index (χ3v) is 8.67. The fraction of sp³-hybridized carbons (Fsp3) is 0.583. The Morgan fingerprint density at radius 1 is 1.16 bits per heavy atom. The van der Waals surface area contributed by atoms with Crippen molar-refractivity contribution in [3.63, 3.8) is 0 Å². The number of rotatable bonds is 11. The molecule has 0 aliphatic heterocycles. The molecule has 1 saturated carbocycles. The van der Waals surface area contributed by atoms with Gasteiger partial charge in [0, 0.05) is 17.7 Å². The first-order valence-electron chi connectivity index (χ1n) is 11.4. The van der Waals surface area contributed by atoms with Crippen molar-refractivity contribution >= 4 is 37.1 Å². The number of aromatic nitrogens is 1. The number of para-hydroxylation sites is 1. The molecule has 0 bridgehead atoms. The lowest BCUT2D eigenvalue weighted by molar-refractivity contribution is -0.156. The lowest BCUT2D eigenvalue weighted by Crippen LogP contribution is -2.44. The van der Waals surface area contributed by atoms with Gasteiger partial charge in [0.15, 0.2) is 0 Å². The summed E-state index contributed by atoms with van der Waals surface area (Å²) in [5.41, 5.74) is 0.924. The molecular formula is C24H34NO4PS. The lowest BCUT2D eigenvalue weighted by Gasteiger charge is -2.37. The fourth-order valence-electron chi connectivity index (χ4n) is 4.47. The molecule has 1 aromatic carbocycles. The van der Waals surface area contributed by atoms with Crippen LogP contribution in [0.5, 0.6) is 0 Å². The summed E-state index contributed by atoms with van der Waals surface area (Å²) >= 11 is 1.51. The number of hydrogen-bond donors (Lipinski definition) is 0. The second-order valence-corrected chi connectivity index (χ2v) is 10.4. The maximum atomic E-state index is 13.0. The van der Waals surface area contributed by atoms with Crippen molar-refractivity contribution in [2.45, 2.75) is 62.7 Å². The predicted molar refractivity (Wildman–Crippen MR) is 129 cm³/mol. The molecule has 3 unspecified atom stereocenters. The normalized spacial score (nSPS) is 18.3. The van der Waals surface area contributed by atoms with Crippen LogP contribution >= 0.6 is 20.2 Å². The van der Waals surface area contributed by atoms with E-state index in [-0.39, 0.29) is 5.97 Å². The second kappa shape index (κ2) is 12.0. The molecule has 1 heterocycles. The predicted octanol–water partition coefficient (Wildman–Crippen LogP) is 5.97. The third-order valence-electron chi connectivity index (χ3n) is 6.09. The van der Waals surface area contributed by atoms with Gasteiger partial charge in [-0.3, -0.25) is 4.79 Å². The highest BCUT2D eigenvalue weighted by Crippen LogP contribution is 2.44. The Kier molecular flexibility index (Phi) is 9.43. The molecule has 3 atom stereocenters. The zero-order valence-corrected chi connectivity index (χ0v) is 20.5. The Hall–Kier alpha value is -1.36. The van der Waals surface area contributed by atoms with E-state index in [1.807, 2.05) is 50.2 Å². The van der Waals surface area contributed by atoms with Crippen molar-refractivity contribution < 1.29 is 18.8 Å². The number of pyridine rings is 1. The molecule has 0 spiro atoms. The van der Waals surface area contributed by atoms with Crippen LogP contribution in [0.3, 0.4) is 0 Å². The van der Waals surface area contributed by atoms with E-state index in [9.17, 15) is 9.36 Å². The van der Waals surface area contributed by atoms with Gasteiger partial charge < -0.3 is 14.0 Å². The summed E-state index contributed by atoms with van der Waals surface area (Å²) in [6.45, 7) is 4.43. The summed E-state index contributed by atoms with van der Waals surface area (Å²) in [4.78, 5) is 17.8. The Labute approximate surface area is 190 Å². The van der Waals surface area contributed by atoms with Crippen LogP contribution in [0.15, 0.2) is 41.4 Å².